The molecule has 0 radical (unpaired) electrons. The molecule has 104 heavy (non-hydrogen) atoms. The molecule has 21 aromatic rings. The molecule has 0 unspecified atom stereocenters. The van der Waals surface area contributed by atoms with Crippen molar-refractivity contribution in [1.29, 1.82) is 0 Å². The van der Waals surface area contributed by atoms with Crippen LogP contribution in [0.1, 0.15) is 0 Å². The van der Waals surface area contributed by atoms with Crippen LogP contribution in [0.25, 0.3) is 177 Å². The first-order valence-corrected chi connectivity index (χ1v) is 35.0. The van der Waals surface area contributed by atoms with E-state index < -0.39 is 0 Å². The molecular formula is C96H58N4O4. The Balaban J connectivity index is 0.562. The number of hydrogen-bond acceptors (Lipinski definition) is 8. The van der Waals surface area contributed by atoms with Crippen molar-refractivity contribution in [1.82, 2.24) is 9.97 Å². The summed E-state index contributed by atoms with van der Waals surface area (Å²) >= 11 is 0. The summed E-state index contributed by atoms with van der Waals surface area (Å²) < 4.78 is 26.3. The predicted octanol–water partition coefficient (Wildman–Crippen LogP) is 27.3. The fourth-order valence-corrected chi connectivity index (χ4v) is 15.6. The van der Waals surface area contributed by atoms with Crippen LogP contribution in [0.5, 0.6) is 0 Å². The van der Waals surface area contributed by atoms with Crippen LogP contribution >= 0.6 is 0 Å². The second-order valence-corrected chi connectivity index (χ2v) is 26.8. The van der Waals surface area contributed by atoms with Crippen LogP contribution in [0, 0.1) is 0 Å². The van der Waals surface area contributed by atoms with Crippen LogP contribution in [0.2, 0.25) is 0 Å². The largest absolute Gasteiger partial charge is 0.456 e. The van der Waals surface area contributed by atoms with Gasteiger partial charge in [-0.2, -0.15) is 0 Å². The second-order valence-electron chi connectivity index (χ2n) is 26.8. The lowest BCUT2D eigenvalue weighted by molar-refractivity contribution is 0.619. The second kappa shape index (κ2) is 23.8. The smallest absolute Gasteiger partial charge is 0.227 e. The first-order valence-electron chi connectivity index (χ1n) is 35.0. The van der Waals surface area contributed by atoms with Gasteiger partial charge in [-0.05, 0) is 209 Å². The van der Waals surface area contributed by atoms with Gasteiger partial charge in [-0.25, -0.2) is 9.97 Å². The lowest BCUT2D eigenvalue weighted by atomic mass is 9.93. The molecule has 0 saturated heterocycles. The van der Waals surface area contributed by atoms with Crippen LogP contribution in [-0.4, -0.2) is 9.97 Å². The van der Waals surface area contributed by atoms with Gasteiger partial charge in [-0.15, -0.1) is 0 Å². The Bertz CT molecular complexity index is 6960. The molecule has 0 aliphatic heterocycles. The highest BCUT2D eigenvalue weighted by Gasteiger charge is 2.23. The molecule has 4 heterocycles. The first kappa shape index (κ1) is 58.8. The number of benzene rings is 17. The molecule has 0 spiro atoms. The van der Waals surface area contributed by atoms with E-state index in [9.17, 15) is 0 Å². The highest BCUT2D eigenvalue weighted by molar-refractivity contribution is 6.16. The van der Waals surface area contributed by atoms with Crippen LogP contribution in [0.3, 0.4) is 0 Å². The van der Waals surface area contributed by atoms with Gasteiger partial charge < -0.3 is 27.5 Å². The van der Waals surface area contributed by atoms with Gasteiger partial charge in [0.05, 0.1) is 0 Å². The van der Waals surface area contributed by atoms with Gasteiger partial charge in [0.15, 0.2) is 11.2 Å². The number of furan rings is 2. The third kappa shape index (κ3) is 9.99. The maximum absolute atomic E-state index is 6.72. The Labute approximate surface area is 596 Å². The summed E-state index contributed by atoms with van der Waals surface area (Å²) in [6.07, 6.45) is 0. The summed E-state index contributed by atoms with van der Waals surface area (Å²) in [6.45, 7) is 0. The Morgan fingerprint density at radius 1 is 0.183 bits per heavy atom. The average molecular weight is 1330 g/mol. The Kier molecular flexibility index (Phi) is 13.5. The number of para-hydroxylation sites is 1. The van der Waals surface area contributed by atoms with E-state index in [1.54, 1.807) is 0 Å². The van der Waals surface area contributed by atoms with Crippen molar-refractivity contribution in [3.8, 4) is 67.4 Å². The zero-order valence-electron chi connectivity index (χ0n) is 55.9. The highest BCUT2D eigenvalue weighted by atomic mass is 16.4. The molecule has 21 rings (SSSR count). The maximum atomic E-state index is 6.72. The van der Waals surface area contributed by atoms with Crippen molar-refractivity contribution in [2.24, 2.45) is 0 Å². The molecule has 0 bridgehead atoms. The van der Waals surface area contributed by atoms with Gasteiger partial charge in [-0.1, -0.05) is 206 Å². The van der Waals surface area contributed by atoms with Gasteiger partial charge in [0.1, 0.15) is 33.4 Å². The van der Waals surface area contributed by atoms with Gasteiger partial charge >= 0.3 is 0 Å². The lowest BCUT2D eigenvalue weighted by Gasteiger charge is -2.26. The van der Waals surface area contributed by atoms with Crippen molar-refractivity contribution < 1.29 is 17.7 Å². The normalized spacial score (nSPS) is 11.8. The summed E-state index contributed by atoms with van der Waals surface area (Å²) in [7, 11) is 0. The monoisotopic (exact) mass is 1330 g/mol. The molecule has 0 amide bonds. The number of rotatable bonds is 12. The van der Waals surface area contributed by atoms with E-state index in [1.807, 2.05) is 42.5 Å². The topological polar surface area (TPSA) is 84.8 Å². The number of anilines is 6. The number of aromatic nitrogens is 2. The minimum Gasteiger partial charge on any atom is -0.456 e. The number of oxazole rings is 2. The van der Waals surface area contributed by atoms with Gasteiger partial charge in [0, 0.05) is 91.1 Å². The molecule has 4 aromatic heterocycles. The molecule has 0 aliphatic rings. The van der Waals surface area contributed by atoms with Gasteiger partial charge in [0.2, 0.25) is 11.8 Å². The SMILES string of the molecule is c1ccc(-c2nc3cc4oc5cc(N(c6ccc(-c7cc8ccccc8c8ccccc78)cc6)c6cccc(-c7ccc(-c8ccc(-c9nc%10cc%11oc%12cc(N(c%13ccccc%13)c%13ccc(-c%14cc%15ccccc%15c%15ccccc%14%15)cc%13)ccc%12c%11cc%10o9)cc8)cc7)c6)ccc5c4cc3o2)cc1. The van der Waals surface area contributed by atoms with E-state index in [4.69, 9.17) is 27.6 Å². The summed E-state index contributed by atoms with van der Waals surface area (Å²) in [4.78, 5) is 14.5. The molecule has 0 fully saturated rings. The Morgan fingerprint density at radius 2 is 0.529 bits per heavy atom. The van der Waals surface area contributed by atoms with Crippen LogP contribution < -0.4 is 9.80 Å². The number of fused-ring (bicyclic) bond motifs is 14. The zero-order valence-corrected chi connectivity index (χ0v) is 55.9. The minimum absolute atomic E-state index is 0.548. The fraction of sp³-hybridized carbons (Fsp3) is 0. The Hall–Kier alpha value is -14.1. The number of nitrogens with zero attached hydrogens (tertiary/aromatic N) is 4. The molecule has 17 aromatic carbocycles. The molecule has 0 saturated carbocycles. The summed E-state index contributed by atoms with van der Waals surface area (Å²) in [5, 5.41) is 13.8. The van der Waals surface area contributed by atoms with Crippen molar-refractivity contribution in [2.75, 3.05) is 9.80 Å². The van der Waals surface area contributed by atoms with E-state index in [0.717, 1.165) is 134 Å². The van der Waals surface area contributed by atoms with E-state index in [-0.39, 0.29) is 0 Å². The van der Waals surface area contributed by atoms with E-state index in [2.05, 4.69) is 319 Å². The third-order valence-corrected chi connectivity index (χ3v) is 20.7. The molecular weight excluding hydrogens is 1270 g/mol. The van der Waals surface area contributed by atoms with Gasteiger partial charge in [0.25, 0.3) is 0 Å². The fourth-order valence-electron chi connectivity index (χ4n) is 15.6. The van der Waals surface area contributed by atoms with E-state index in [0.29, 0.717) is 22.9 Å². The highest BCUT2D eigenvalue weighted by Crippen LogP contribution is 2.46. The number of hydrogen-bond donors (Lipinski definition) is 0. The molecule has 8 nitrogen and oxygen atoms in total. The molecule has 486 valence electrons. The van der Waals surface area contributed by atoms with E-state index in [1.165, 1.54) is 54.2 Å². The van der Waals surface area contributed by atoms with Crippen LogP contribution in [-0.2, 0) is 0 Å². The summed E-state index contributed by atoms with van der Waals surface area (Å²) in [5.41, 5.74) is 22.9. The standard InChI is InChI=1S/C96H58N4O4/c1-3-16-64(17-4-1)95-97-87-57-91-85(55-93(87)103-95)82-49-47-74(54-90(82)102-91)100(71-44-40-63(41-45-71)84-52-68-19-8-10-25-76(68)78-27-12-14-29-80(78)84)72-23-15-20-66(50-72)61-32-30-59(31-33-61)60-34-36-65(37-35-60)96-98-88-58-92-86(56-94(88)104-96)81-48-46-73(53-89(81)101-92)99(69-21-5-2-6-22-69)70-42-38-62(39-43-70)83-51-67-18-7-9-24-75(67)77-26-11-13-28-79(77)83/h1-58H. The first-order chi connectivity index (χ1) is 51.5. The lowest BCUT2D eigenvalue weighted by Crippen LogP contribution is -2.10. The molecule has 0 aliphatic carbocycles. The van der Waals surface area contributed by atoms with Crippen LogP contribution in [0.4, 0.5) is 34.1 Å². The zero-order chi connectivity index (χ0) is 68.3. The Morgan fingerprint density at radius 3 is 1.03 bits per heavy atom. The van der Waals surface area contributed by atoms with E-state index >= 15 is 0 Å². The van der Waals surface area contributed by atoms with Crippen molar-refractivity contribution in [3.63, 3.8) is 0 Å². The average Bonchev–Trinajstić information content (AvgIpc) is 1.45. The van der Waals surface area contributed by atoms with Crippen molar-refractivity contribution in [3.05, 3.63) is 352 Å². The van der Waals surface area contributed by atoms with Crippen LogP contribution in [0.15, 0.2) is 370 Å². The van der Waals surface area contributed by atoms with Crippen molar-refractivity contribution >= 4 is 143 Å². The molecule has 0 N–H and O–H groups in total. The third-order valence-electron chi connectivity index (χ3n) is 20.7. The molecule has 0 atom stereocenters. The summed E-state index contributed by atoms with van der Waals surface area (Å²) in [6, 6.07) is 125. The van der Waals surface area contributed by atoms with Gasteiger partial charge in [-0.3, -0.25) is 0 Å². The molecule has 8 heteroatoms. The van der Waals surface area contributed by atoms with Crippen molar-refractivity contribution in [2.45, 2.75) is 0 Å². The predicted molar refractivity (Wildman–Crippen MR) is 428 cm³/mol. The summed E-state index contributed by atoms with van der Waals surface area (Å²) in [5.74, 6) is 1.13. The quantitative estimate of drug-likeness (QED) is 0.112. The maximum Gasteiger partial charge on any atom is 0.227 e. The minimum atomic E-state index is 0.548.